The third kappa shape index (κ3) is 2.86. The number of carbonyl (C=O) groups excluding carboxylic acids is 2. The van der Waals surface area contributed by atoms with E-state index < -0.39 is 12.8 Å². The van der Waals surface area contributed by atoms with Crippen molar-refractivity contribution in [2.75, 3.05) is 20.3 Å². The Morgan fingerprint density at radius 1 is 1.25 bits per heavy atom. The van der Waals surface area contributed by atoms with Gasteiger partial charge in [0.2, 0.25) is 5.91 Å². The van der Waals surface area contributed by atoms with Crippen LogP contribution in [0.15, 0.2) is 12.2 Å². The van der Waals surface area contributed by atoms with Crippen LogP contribution in [0.2, 0.25) is 0 Å². The second-order valence-corrected chi connectivity index (χ2v) is 9.76. The van der Waals surface area contributed by atoms with Gasteiger partial charge in [-0.25, -0.2) is 9.18 Å². The van der Waals surface area contributed by atoms with E-state index in [2.05, 4.69) is 25.2 Å². The number of hydrogen-bond acceptors (Lipinski definition) is 3. The molecular formula is C22H33FN2O3. The Morgan fingerprint density at radius 3 is 2.79 bits per heavy atom. The Labute approximate surface area is 167 Å². The van der Waals surface area contributed by atoms with Crippen molar-refractivity contribution in [3.8, 4) is 0 Å². The molecule has 4 aliphatic rings. The third-order valence-electron chi connectivity index (χ3n) is 8.73. The molecule has 1 N–H and O–H groups in total. The van der Waals surface area contributed by atoms with Crippen molar-refractivity contribution in [1.82, 2.24) is 10.2 Å². The summed E-state index contributed by atoms with van der Waals surface area (Å²) in [6.07, 6.45) is 9.94. The number of nitrogens with one attached hydrogen (secondary N) is 1. The third-order valence-corrected chi connectivity index (χ3v) is 8.73. The van der Waals surface area contributed by atoms with Gasteiger partial charge in [0.1, 0.15) is 13.3 Å². The number of amides is 2. The first kappa shape index (κ1) is 19.7. The molecule has 6 heteroatoms. The number of nitrogens with zero attached hydrogens (tertiary/aromatic N) is 1. The summed E-state index contributed by atoms with van der Waals surface area (Å²) in [4.78, 5) is 26.1. The summed E-state index contributed by atoms with van der Waals surface area (Å²) in [5, 5.41) is 3.03. The fourth-order valence-corrected chi connectivity index (χ4v) is 7.29. The molecule has 0 aromatic rings. The lowest BCUT2D eigenvalue weighted by molar-refractivity contribution is -0.138. The van der Waals surface area contributed by atoms with Gasteiger partial charge in [0.15, 0.2) is 0 Å². The molecule has 2 amide bonds. The van der Waals surface area contributed by atoms with Gasteiger partial charge in [0.25, 0.3) is 0 Å². The molecule has 3 fully saturated rings. The molecule has 3 aliphatic carbocycles. The van der Waals surface area contributed by atoms with Crippen LogP contribution in [0.25, 0.3) is 0 Å². The molecular weight excluding hydrogens is 359 g/mol. The maximum absolute atomic E-state index is 12.3. The highest BCUT2D eigenvalue weighted by molar-refractivity contribution is 5.89. The first-order chi connectivity index (χ1) is 13.3. The highest BCUT2D eigenvalue weighted by Crippen LogP contribution is 2.63. The standard InChI is InChI=1S/C22H33FN2O3/c1-21-10-8-16-14(4-7-18-22(16,2)11-9-19(26)25(18)3)15(21)5-6-17(21)24-20(27)28-13-12-23/h9,11,14-18H,4-8,10,12-13H2,1-3H3,(H,24,27)/t14-,15-,16-,17-,18+,21-,22+/m0/s1. The van der Waals surface area contributed by atoms with Gasteiger partial charge in [0, 0.05) is 24.5 Å². The molecule has 0 aromatic heterocycles. The maximum atomic E-state index is 12.3. The minimum Gasteiger partial charge on any atom is -0.447 e. The van der Waals surface area contributed by atoms with Crippen LogP contribution in [-0.2, 0) is 9.53 Å². The first-order valence-corrected chi connectivity index (χ1v) is 10.8. The van der Waals surface area contributed by atoms with Crippen molar-refractivity contribution < 1.29 is 18.7 Å². The van der Waals surface area contributed by atoms with Crippen molar-refractivity contribution in [3.63, 3.8) is 0 Å². The number of carbonyl (C=O) groups is 2. The summed E-state index contributed by atoms with van der Waals surface area (Å²) in [7, 11) is 1.95. The summed E-state index contributed by atoms with van der Waals surface area (Å²) in [5.74, 6) is 1.90. The van der Waals surface area contributed by atoms with Crippen LogP contribution in [0.1, 0.15) is 52.4 Å². The number of fused-ring (bicyclic) bond motifs is 5. The molecule has 1 heterocycles. The van der Waals surface area contributed by atoms with E-state index in [-0.39, 0.29) is 29.4 Å². The SMILES string of the molecule is CN1C(=O)C=C[C@]2(C)[C@H]3CC[C@]4(C)[C@@H](NC(=O)OCCF)CC[C@H]4[C@@H]3CC[C@@H]12. The average molecular weight is 393 g/mol. The molecule has 4 rings (SSSR count). The van der Waals surface area contributed by atoms with Gasteiger partial charge in [-0.3, -0.25) is 4.79 Å². The van der Waals surface area contributed by atoms with Crippen LogP contribution in [0.4, 0.5) is 9.18 Å². The topological polar surface area (TPSA) is 58.6 Å². The van der Waals surface area contributed by atoms with Crippen LogP contribution in [0.5, 0.6) is 0 Å². The van der Waals surface area contributed by atoms with Gasteiger partial charge < -0.3 is 15.0 Å². The van der Waals surface area contributed by atoms with Crippen molar-refractivity contribution in [2.24, 2.45) is 28.6 Å². The predicted molar refractivity (Wildman–Crippen MR) is 104 cm³/mol. The van der Waals surface area contributed by atoms with Crippen LogP contribution in [-0.4, -0.2) is 49.3 Å². The summed E-state index contributed by atoms with van der Waals surface area (Å²) in [5.41, 5.74) is 0.109. The summed E-state index contributed by atoms with van der Waals surface area (Å²) in [6.45, 7) is 3.84. The molecule has 0 radical (unpaired) electrons. The van der Waals surface area contributed by atoms with Crippen LogP contribution >= 0.6 is 0 Å². The molecule has 3 saturated carbocycles. The Hall–Kier alpha value is -1.59. The summed E-state index contributed by atoms with van der Waals surface area (Å²) < 4.78 is 17.2. The fraction of sp³-hybridized carbons (Fsp3) is 0.818. The lowest BCUT2D eigenvalue weighted by Crippen LogP contribution is -2.60. The molecule has 0 aromatic carbocycles. The van der Waals surface area contributed by atoms with Crippen LogP contribution in [0.3, 0.4) is 0 Å². The molecule has 0 bridgehead atoms. The Balaban J connectivity index is 1.53. The quantitative estimate of drug-likeness (QED) is 0.797. The minimum atomic E-state index is -0.647. The monoisotopic (exact) mass is 392 g/mol. The zero-order valence-corrected chi connectivity index (χ0v) is 17.2. The lowest BCUT2D eigenvalue weighted by atomic mass is 9.48. The maximum Gasteiger partial charge on any atom is 0.407 e. The molecule has 7 atom stereocenters. The van der Waals surface area contributed by atoms with E-state index in [9.17, 15) is 14.0 Å². The smallest absolute Gasteiger partial charge is 0.407 e. The molecule has 156 valence electrons. The minimum absolute atomic E-state index is 0.0402. The number of alkyl halides is 1. The first-order valence-electron chi connectivity index (χ1n) is 10.8. The van der Waals surface area contributed by atoms with Gasteiger partial charge >= 0.3 is 6.09 Å². The highest BCUT2D eigenvalue weighted by atomic mass is 19.1. The summed E-state index contributed by atoms with van der Waals surface area (Å²) in [6, 6.07) is 0.392. The predicted octanol–water partition coefficient (Wildman–Crippen LogP) is 3.69. The summed E-state index contributed by atoms with van der Waals surface area (Å²) >= 11 is 0. The zero-order valence-electron chi connectivity index (χ0n) is 17.2. The van der Waals surface area contributed by atoms with E-state index >= 15 is 0 Å². The largest absolute Gasteiger partial charge is 0.447 e. The number of alkyl carbamates (subject to hydrolysis) is 1. The Bertz CT molecular complexity index is 683. The van der Waals surface area contributed by atoms with Crippen molar-refractivity contribution >= 4 is 12.0 Å². The Morgan fingerprint density at radius 2 is 2.04 bits per heavy atom. The Kier molecular flexibility index (Phi) is 4.95. The molecule has 5 nitrogen and oxygen atoms in total. The van der Waals surface area contributed by atoms with E-state index in [1.54, 1.807) is 6.08 Å². The molecule has 28 heavy (non-hydrogen) atoms. The second-order valence-electron chi connectivity index (χ2n) is 9.76. The zero-order chi connectivity index (χ0) is 20.1. The van der Waals surface area contributed by atoms with Crippen molar-refractivity contribution in [1.29, 1.82) is 0 Å². The fourth-order valence-electron chi connectivity index (χ4n) is 7.29. The average Bonchev–Trinajstić information content (AvgIpc) is 3.00. The number of rotatable bonds is 3. The van der Waals surface area contributed by atoms with E-state index in [0.717, 1.165) is 38.5 Å². The number of likely N-dealkylation sites (N-methyl/N-ethyl adjacent to an activating group) is 1. The van der Waals surface area contributed by atoms with Crippen LogP contribution < -0.4 is 5.32 Å². The van der Waals surface area contributed by atoms with Gasteiger partial charge in [-0.1, -0.05) is 19.9 Å². The van der Waals surface area contributed by atoms with E-state index in [4.69, 9.17) is 4.74 Å². The molecule has 0 unspecified atom stereocenters. The van der Waals surface area contributed by atoms with Gasteiger partial charge in [-0.05, 0) is 67.8 Å². The van der Waals surface area contributed by atoms with E-state index in [1.807, 2.05) is 11.9 Å². The molecule has 0 spiro atoms. The van der Waals surface area contributed by atoms with Gasteiger partial charge in [-0.2, -0.15) is 0 Å². The van der Waals surface area contributed by atoms with E-state index in [1.165, 1.54) is 0 Å². The normalized spacial score (nSPS) is 44.5. The lowest BCUT2D eigenvalue weighted by Gasteiger charge is -2.60. The highest BCUT2D eigenvalue weighted by Gasteiger charge is 2.60. The molecule has 1 aliphatic heterocycles. The number of hydrogen-bond donors (Lipinski definition) is 1. The van der Waals surface area contributed by atoms with E-state index in [0.29, 0.717) is 23.8 Å². The molecule has 0 saturated heterocycles. The van der Waals surface area contributed by atoms with Crippen LogP contribution in [0, 0.1) is 28.6 Å². The van der Waals surface area contributed by atoms with Crippen molar-refractivity contribution in [3.05, 3.63) is 12.2 Å². The van der Waals surface area contributed by atoms with Crippen molar-refractivity contribution in [2.45, 2.75) is 64.5 Å². The number of ether oxygens (including phenoxy) is 1. The van der Waals surface area contributed by atoms with Gasteiger partial charge in [-0.15, -0.1) is 0 Å². The van der Waals surface area contributed by atoms with Gasteiger partial charge in [0.05, 0.1) is 0 Å². The second kappa shape index (κ2) is 7.03. The number of halogens is 1.